The third-order valence-corrected chi connectivity index (χ3v) is 2.58. The fourth-order valence-electron chi connectivity index (χ4n) is 1.71. The van der Waals surface area contributed by atoms with Crippen LogP contribution < -0.4 is 5.73 Å². The predicted molar refractivity (Wildman–Crippen MR) is 64.6 cm³/mol. The third kappa shape index (κ3) is 3.93. The maximum atomic E-state index is 11.9. The average Bonchev–Trinajstić information content (AvgIpc) is 2.75. The molecule has 0 aliphatic carbocycles. The number of halogens is 3. The van der Waals surface area contributed by atoms with Crippen LogP contribution >= 0.6 is 0 Å². The highest BCUT2D eigenvalue weighted by Crippen LogP contribution is 2.16. The van der Waals surface area contributed by atoms with E-state index < -0.39 is 12.8 Å². The van der Waals surface area contributed by atoms with Gasteiger partial charge in [-0.1, -0.05) is 6.07 Å². The van der Waals surface area contributed by atoms with Gasteiger partial charge in [0.1, 0.15) is 12.4 Å². The van der Waals surface area contributed by atoms with E-state index in [2.05, 4.69) is 14.7 Å². The van der Waals surface area contributed by atoms with Gasteiger partial charge in [-0.05, 0) is 17.7 Å². The molecule has 0 atom stereocenters. The molecule has 4 nitrogen and oxygen atoms in total. The number of nitrogens with one attached hydrogen (secondary N) is 1. The lowest BCUT2D eigenvalue weighted by atomic mass is 10.2. The zero-order valence-corrected chi connectivity index (χ0v) is 10.1. The largest absolute Gasteiger partial charge is 0.411 e. The van der Waals surface area contributed by atoms with Gasteiger partial charge in [-0.3, -0.25) is 0 Å². The Hall–Kier alpha value is -1.60. The number of aromatic amines is 1. The normalized spacial score (nSPS) is 12.2. The Bertz CT molecular complexity index is 551. The quantitative estimate of drug-likeness (QED) is 0.820. The van der Waals surface area contributed by atoms with E-state index in [0.717, 1.165) is 16.6 Å². The summed E-state index contributed by atoms with van der Waals surface area (Å²) in [4.78, 5) is 7.30. The van der Waals surface area contributed by atoms with Crippen molar-refractivity contribution >= 4 is 11.0 Å². The Morgan fingerprint density at radius 2 is 2.11 bits per heavy atom. The molecule has 0 fully saturated rings. The summed E-state index contributed by atoms with van der Waals surface area (Å²) in [6.07, 6.45) is -3.98. The van der Waals surface area contributed by atoms with E-state index in [9.17, 15) is 13.2 Å². The summed E-state index contributed by atoms with van der Waals surface area (Å²) in [5.41, 5.74) is 8.09. The second-order valence-electron chi connectivity index (χ2n) is 4.16. The van der Waals surface area contributed by atoms with E-state index >= 15 is 0 Å². The second kappa shape index (κ2) is 5.58. The molecule has 0 saturated heterocycles. The molecular weight excluding hydrogens is 259 g/mol. The summed E-state index contributed by atoms with van der Waals surface area (Å²) in [6, 6.07) is 5.57. The van der Waals surface area contributed by atoms with Gasteiger partial charge in [-0.25, -0.2) is 4.98 Å². The molecule has 0 aliphatic heterocycles. The molecule has 0 aliphatic rings. The topological polar surface area (TPSA) is 63.9 Å². The molecule has 104 valence electrons. The number of alkyl halides is 3. The van der Waals surface area contributed by atoms with E-state index in [4.69, 9.17) is 5.73 Å². The standard InChI is InChI=1S/C12H14F3N3O/c13-12(14,15)7-19-4-3-11-17-9-2-1-8(6-16)5-10(9)18-11/h1-2,5H,3-4,6-7,16H2,(H,17,18). The van der Waals surface area contributed by atoms with Crippen molar-refractivity contribution in [1.29, 1.82) is 0 Å². The van der Waals surface area contributed by atoms with Crippen molar-refractivity contribution < 1.29 is 17.9 Å². The number of benzene rings is 1. The molecule has 0 radical (unpaired) electrons. The zero-order valence-electron chi connectivity index (χ0n) is 10.1. The molecule has 1 aromatic carbocycles. The van der Waals surface area contributed by atoms with Crippen LogP contribution in [0.5, 0.6) is 0 Å². The van der Waals surface area contributed by atoms with Gasteiger partial charge in [-0.2, -0.15) is 13.2 Å². The van der Waals surface area contributed by atoms with Crippen molar-refractivity contribution in [3.8, 4) is 0 Å². The molecular formula is C12H14F3N3O. The summed E-state index contributed by atoms with van der Waals surface area (Å²) in [7, 11) is 0. The van der Waals surface area contributed by atoms with Gasteiger partial charge >= 0.3 is 6.18 Å². The van der Waals surface area contributed by atoms with Crippen molar-refractivity contribution in [3.63, 3.8) is 0 Å². The Kier molecular flexibility index (Phi) is 4.06. The van der Waals surface area contributed by atoms with E-state index in [1.165, 1.54) is 0 Å². The lowest BCUT2D eigenvalue weighted by Crippen LogP contribution is -2.18. The van der Waals surface area contributed by atoms with Crippen molar-refractivity contribution in [2.45, 2.75) is 19.1 Å². The number of fused-ring (bicyclic) bond motifs is 1. The van der Waals surface area contributed by atoms with Crippen LogP contribution in [0.15, 0.2) is 18.2 Å². The molecule has 2 aromatic rings. The Balaban J connectivity index is 1.94. The smallest absolute Gasteiger partial charge is 0.372 e. The average molecular weight is 273 g/mol. The number of ether oxygens (including phenoxy) is 1. The first kappa shape index (κ1) is 13.8. The Morgan fingerprint density at radius 3 is 2.79 bits per heavy atom. The van der Waals surface area contributed by atoms with Crippen LogP contribution in [0, 0.1) is 0 Å². The number of imidazole rings is 1. The summed E-state index contributed by atoms with van der Waals surface area (Å²) in [6.45, 7) is -0.827. The lowest BCUT2D eigenvalue weighted by molar-refractivity contribution is -0.173. The summed E-state index contributed by atoms with van der Waals surface area (Å²) < 4.78 is 40.2. The molecule has 0 amide bonds. The second-order valence-corrected chi connectivity index (χ2v) is 4.16. The highest BCUT2D eigenvalue weighted by Gasteiger charge is 2.27. The first-order chi connectivity index (χ1) is 8.98. The lowest BCUT2D eigenvalue weighted by Gasteiger charge is -2.06. The van der Waals surface area contributed by atoms with E-state index in [0.29, 0.717) is 18.8 Å². The van der Waals surface area contributed by atoms with Gasteiger partial charge in [0.2, 0.25) is 0 Å². The van der Waals surface area contributed by atoms with Gasteiger partial charge in [0.25, 0.3) is 0 Å². The monoisotopic (exact) mass is 273 g/mol. The van der Waals surface area contributed by atoms with E-state index in [1.807, 2.05) is 18.2 Å². The summed E-state index contributed by atoms with van der Waals surface area (Å²) >= 11 is 0. The van der Waals surface area contributed by atoms with Crippen LogP contribution in [0.1, 0.15) is 11.4 Å². The molecule has 7 heteroatoms. The van der Waals surface area contributed by atoms with Crippen LogP contribution in [0.4, 0.5) is 13.2 Å². The number of aromatic nitrogens is 2. The SMILES string of the molecule is NCc1ccc2nc(CCOCC(F)(F)F)[nH]c2c1. The van der Waals surface area contributed by atoms with Crippen LogP contribution in [0.25, 0.3) is 11.0 Å². The third-order valence-electron chi connectivity index (χ3n) is 2.58. The predicted octanol–water partition coefficient (Wildman–Crippen LogP) is 2.14. The van der Waals surface area contributed by atoms with Gasteiger partial charge in [0.05, 0.1) is 17.6 Å². The number of H-pyrrole nitrogens is 1. The first-order valence-corrected chi connectivity index (χ1v) is 5.80. The molecule has 19 heavy (non-hydrogen) atoms. The van der Waals surface area contributed by atoms with Crippen molar-refractivity contribution in [2.24, 2.45) is 5.73 Å². The van der Waals surface area contributed by atoms with Crippen molar-refractivity contribution in [1.82, 2.24) is 9.97 Å². The minimum Gasteiger partial charge on any atom is -0.372 e. The maximum absolute atomic E-state index is 11.9. The minimum atomic E-state index is -4.29. The van der Waals surface area contributed by atoms with E-state index in [1.54, 1.807) is 0 Å². The number of nitrogens with two attached hydrogens (primary N) is 1. The Labute approximate surface area is 107 Å². The van der Waals surface area contributed by atoms with Crippen molar-refractivity contribution in [3.05, 3.63) is 29.6 Å². The van der Waals surface area contributed by atoms with E-state index in [-0.39, 0.29) is 6.61 Å². The summed E-state index contributed by atoms with van der Waals surface area (Å²) in [5.74, 6) is 0.603. The molecule has 3 N–H and O–H groups in total. The number of nitrogens with zero attached hydrogens (tertiary/aromatic N) is 1. The molecule has 0 bridgehead atoms. The Morgan fingerprint density at radius 1 is 1.32 bits per heavy atom. The molecule has 1 aromatic heterocycles. The molecule has 0 spiro atoms. The van der Waals surface area contributed by atoms with Crippen LogP contribution in [-0.2, 0) is 17.7 Å². The number of rotatable bonds is 5. The minimum absolute atomic E-state index is 0.0247. The van der Waals surface area contributed by atoms with Gasteiger partial charge in [-0.15, -0.1) is 0 Å². The fourth-order valence-corrected chi connectivity index (χ4v) is 1.71. The van der Waals surface area contributed by atoms with Crippen molar-refractivity contribution in [2.75, 3.05) is 13.2 Å². The molecule has 1 heterocycles. The maximum Gasteiger partial charge on any atom is 0.411 e. The van der Waals surface area contributed by atoms with Gasteiger partial charge in [0, 0.05) is 13.0 Å². The van der Waals surface area contributed by atoms with Crippen LogP contribution in [-0.4, -0.2) is 29.4 Å². The number of hydrogen-bond acceptors (Lipinski definition) is 3. The van der Waals surface area contributed by atoms with Crippen LogP contribution in [0.3, 0.4) is 0 Å². The number of hydrogen-bond donors (Lipinski definition) is 2. The molecule has 0 unspecified atom stereocenters. The highest BCUT2D eigenvalue weighted by molar-refractivity contribution is 5.75. The van der Waals surface area contributed by atoms with Gasteiger partial charge < -0.3 is 15.5 Å². The molecule has 0 saturated carbocycles. The highest BCUT2D eigenvalue weighted by atomic mass is 19.4. The molecule has 2 rings (SSSR count). The zero-order chi connectivity index (χ0) is 13.9. The van der Waals surface area contributed by atoms with Crippen LogP contribution in [0.2, 0.25) is 0 Å². The summed E-state index contributed by atoms with van der Waals surface area (Å²) in [5, 5.41) is 0. The first-order valence-electron chi connectivity index (χ1n) is 5.80. The van der Waals surface area contributed by atoms with Gasteiger partial charge in [0.15, 0.2) is 0 Å². The fraction of sp³-hybridized carbons (Fsp3) is 0.417.